The van der Waals surface area contributed by atoms with Gasteiger partial charge in [-0.1, -0.05) is 71.3 Å². The van der Waals surface area contributed by atoms with Crippen LogP contribution in [0.1, 0.15) is 85.0 Å². The molecule has 0 saturated carbocycles. The average molecular weight is 290 g/mol. The van der Waals surface area contributed by atoms with Crippen molar-refractivity contribution < 1.29 is 0 Å². The molecule has 0 aliphatic rings. The summed E-state index contributed by atoms with van der Waals surface area (Å²) < 4.78 is 0. The van der Waals surface area contributed by atoms with Crippen LogP contribution in [0.15, 0.2) is 24.4 Å². The predicted molar refractivity (Wildman–Crippen MR) is 93.8 cm³/mol. The van der Waals surface area contributed by atoms with Gasteiger partial charge in [-0.05, 0) is 31.9 Å². The number of aromatic nitrogens is 1. The van der Waals surface area contributed by atoms with Crippen molar-refractivity contribution >= 4 is 5.82 Å². The molecular weight excluding hydrogens is 256 g/mol. The Bertz CT molecular complexity index is 350. The molecule has 2 heteroatoms. The van der Waals surface area contributed by atoms with Gasteiger partial charge >= 0.3 is 0 Å². The summed E-state index contributed by atoms with van der Waals surface area (Å²) in [7, 11) is 0. The van der Waals surface area contributed by atoms with Gasteiger partial charge in [-0.25, -0.2) is 4.98 Å². The molecule has 1 rings (SSSR count). The SMILES string of the molecule is CCCCCCCC(C)(CCCCC)Nc1ccccn1. The Balaban J connectivity index is 2.48. The highest BCUT2D eigenvalue weighted by atomic mass is 15.0. The van der Waals surface area contributed by atoms with Gasteiger partial charge in [0, 0.05) is 11.7 Å². The van der Waals surface area contributed by atoms with Gasteiger partial charge in [0.2, 0.25) is 0 Å². The molecule has 0 aromatic carbocycles. The molecule has 0 saturated heterocycles. The van der Waals surface area contributed by atoms with Crippen LogP contribution in [0, 0.1) is 0 Å². The molecule has 1 N–H and O–H groups in total. The highest BCUT2D eigenvalue weighted by Crippen LogP contribution is 2.26. The fraction of sp³-hybridized carbons (Fsp3) is 0.737. The molecule has 0 radical (unpaired) electrons. The summed E-state index contributed by atoms with van der Waals surface area (Å²) in [5.41, 5.74) is 0.190. The number of nitrogens with zero attached hydrogens (tertiary/aromatic N) is 1. The first-order valence-electron chi connectivity index (χ1n) is 8.89. The lowest BCUT2D eigenvalue weighted by Gasteiger charge is -2.32. The molecule has 0 bridgehead atoms. The predicted octanol–water partition coefficient (Wildman–Crippen LogP) is 6.19. The Morgan fingerprint density at radius 2 is 1.52 bits per heavy atom. The summed E-state index contributed by atoms with van der Waals surface area (Å²) in [6.07, 6.45) is 15.0. The number of anilines is 1. The third-order valence-corrected chi connectivity index (χ3v) is 4.26. The summed E-state index contributed by atoms with van der Waals surface area (Å²) in [5, 5.41) is 3.69. The van der Waals surface area contributed by atoms with E-state index in [1.807, 2.05) is 12.3 Å². The second-order valence-corrected chi connectivity index (χ2v) is 6.52. The molecule has 0 aliphatic heterocycles. The van der Waals surface area contributed by atoms with Gasteiger partial charge in [-0.3, -0.25) is 0 Å². The van der Waals surface area contributed by atoms with E-state index in [-0.39, 0.29) is 5.54 Å². The molecule has 1 atom stereocenters. The van der Waals surface area contributed by atoms with Crippen molar-refractivity contribution in [2.75, 3.05) is 5.32 Å². The van der Waals surface area contributed by atoms with Gasteiger partial charge in [-0.15, -0.1) is 0 Å². The van der Waals surface area contributed by atoms with Gasteiger partial charge in [0.1, 0.15) is 5.82 Å². The maximum absolute atomic E-state index is 4.44. The van der Waals surface area contributed by atoms with Crippen molar-refractivity contribution in [3.8, 4) is 0 Å². The molecular formula is C19H34N2. The molecule has 0 aliphatic carbocycles. The van der Waals surface area contributed by atoms with Gasteiger partial charge < -0.3 is 5.32 Å². The Morgan fingerprint density at radius 1 is 0.905 bits per heavy atom. The van der Waals surface area contributed by atoms with Gasteiger partial charge in [0.15, 0.2) is 0 Å². The number of nitrogens with one attached hydrogen (secondary N) is 1. The Labute approximate surface area is 131 Å². The van der Waals surface area contributed by atoms with Crippen LogP contribution in [0.4, 0.5) is 5.82 Å². The first-order valence-corrected chi connectivity index (χ1v) is 8.89. The van der Waals surface area contributed by atoms with Crippen molar-refractivity contribution in [1.82, 2.24) is 4.98 Å². The molecule has 120 valence electrons. The first kappa shape index (κ1) is 18.0. The van der Waals surface area contributed by atoms with Crippen molar-refractivity contribution in [2.24, 2.45) is 0 Å². The van der Waals surface area contributed by atoms with Gasteiger partial charge in [0.25, 0.3) is 0 Å². The highest BCUT2D eigenvalue weighted by Gasteiger charge is 2.23. The molecule has 0 spiro atoms. The van der Waals surface area contributed by atoms with E-state index in [1.165, 1.54) is 64.2 Å². The maximum atomic E-state index is 4.44. The van der Waals surface area contributed by atoms with Crippen LogP contribution in [-0.2, 0) is 0 Å². The summed E-state index contributed by atoms with van der Waals surface area (Å²) in [4.78, 5) is 4.44. The summed E-state index contributed by atoms with van der Waals surface area (Å²) >= 11 is 0. The number of pyridine rings is 1. The smallest absolute Gasteiger partial charge is 0.126 e. The summed E-state index contributed by atoms with van der Waals surface area (Å²) in [5.74, 6) is 1.02. The van der Waals surface area contributed by atoms with E-state index in [9.17, 15) is 0 Å². The Morgan fingerprint density at radius 3 is 2.14 bits per heavy atom. The standard InChI is InChI=1S/C19H34N2/c1-4-6-8-9-12-16-19(3,15-11-7-5-2)21-18-14-10-13-17-20-18/h10,13-14,17H,4-9,11-12,15-16H2,1-3H3,(H,20,21). The van der Waals surface area contributed by atoms with Gasteiger partial charge in [-0.2, -0.15) is 0 Å². The van der Waals surface area contributed by atoms with E-state index in [0.717, 1.165) is 5.82 Å². The lowest BCUT2D eigenvalue weighted by atomic mass is 9.88. The van der Waals surface area contributed by atoms with E-state index in [1.54, 1.807) is 0 Å². The molecule has 0 fully saturated rings. The Kier molecular flexibility index (Phi) is 9.12. The zero-order valence-electron chi connectivity index (χ0n) is 14.3. The van der Waals surface area contributed by atoms with E-state index in [4.69, 9.17) is 0 Å². The molecule has 2 nitrogen and oxygen atoms in total. The van der Waals surface area contributed by atoms with Crippen LogP contribution in [0.2, 0.25) is 0 Å². The summed E-state index contributed by atoms with van der Waals surface area (Å²) in [6, 6.07) is 6.11. The quantitative estimate of drug-likeness (QED) is 0.464. The number of rotatable bonds is 12. The topological polar surface area (TPSA) is 24.9 Å². The van der Waals surface area contributed by atoms with Crippen LogP contribution >= 0.6 is 0 Å². The third-order valence-electron chi connectivity index (χ3n) is 4.26. The number of hydrogen-bond acceptors (Lipinski definition) is 2. The maximum Gasteiger partial charge on any atom is 0.126 e. The van der Waals surface area contributed by atoms with Crippen molar-refractivity contribution in [3.05, 3.63) is 24.4 Å². The van der Waals surface area contributed by atoms with E-state index in [0.29, 0.717) is 0 Å². The second-order valence-electron chi connectivity index (χ2n) is 6.52. The molecule has 1 aromatic rings. The van der Waals surface area contributed by atoms with E-state index < -0.39 is 0 Å². The molecule has 1 aromatic heterocycles. The molecule has 21 heavy (non-hydrogen) atoms. The largest absolute Gasteiger partial charge is 0.365 e. The minimum Gasteiger partial charge on any atom is -0.365 e. The normalized spacial score (nSPS) is 13.9. The third kappa shape index (κ3) is 8.08. The minimum atomic E-state index is 0.190. The van der Waals surface area contributed by atoms with Gasteiger partial charge in [0.05, 0.1) is 0 Å². The monoisotopic (exact) mass is 290 g/mol. The number of hydrogen-bond donors (Lipinski definition) is 1. The number of unbranched alkanes of at least 4 members (excludes halogenated alkanes) is 6. The lowest BCUT2D eigenvalue weighted by molar-refractivity contribution is 0.395. The van der Waals surface area contributed by atoms with Crippen molar-refractivity contribution in [1.29, 1.82) is 0 Å². The van der Waals surface area contributed by atoms with Crippen molar-refractivity contribution in [2.45, 2.75) is 90.5 Å². The molecule has 1 heterocycles. The zero-order chi connectivity index (χ0) is 15.4. The average Bonchev–Trinajstić information content (AvgIpc) is 2.48. The van der Waals surface area contributed by atoms with Crippen molar-refractivity contribution in [3.63, 3.8) is 0 Å². The zero-order valence-corrected chi connectivity index (χ0v) is 14.3. The fourth-order valence-electron chi connectivity index (χ4n) is 2.88. The molecule has 0 amide bonds. The first-order chi connectivity index (χ1) is 10.2. The Hall–Kier alpha value is -1.05. The fourth-order valence-corrected chi connectivity index (χ4v) is 2.88. The van der Waals surface area contributed by atoms with E-state index >= 15 is 0 Å². The van der Waals surface area contributed by atoms with Crippen LogP contribution in [0.25, 0.3) is 0 Å². The molecule has 1 unspecified atom stereocenters. The highest BCUT2D eigenvalue weighted by molar-refractivity contribution is 5.36. The van der Waals surface area contributed by atoms with Crippen LogP contribution < -0.4 is 5.32 Å². The van der Waals surface area contributed by atoms with Crippen LogP contribution in [0.5, 0.6) is 0 Å². The minimum absolute atomic E-state index is 0.190. The van der Waals surface area contributed by atoms with Crippen LogP contribution in [0.3, 0.4) is 0 Å². The van der Waals surface area contributed by atoms with E-state index in [2.05, 4.69) is 43.2 Å². The second kappa shape index (κ2) is 10.6. The lowest BCUT2D eigenvalue weighted by Crippen LogP contribution is -2.35. The van der Waals surface area contributed by atoms with Crippen LogP contribution in [-0.4, -0.2) is 10.5 Å². The summed E-state index contributed by atoms with van der Waals surface area (Å²) in [6.45, 7) is 6.92.